The van der Waals surface area contributed by atoms with E-state index in [1.807, 2.05) is 51.1 Å². The summed E-state index contributed by atoms with van der Waals surface area (Å²) >= 11 is 0. The summed E-state index contributed by atoms with van der Waals surface area (Å²) in [7, 11) is -1.97. The van der Waals surface area contributed by atoms with E-state index in [1.165, 1.54) is 12.1 Å². The van der Waals surface area contributed by atoms with Crippen LogP contribution >= 0.6 is 0 Å². The number of carbonyl (C=O) groups is 1. The summed E-state index contributed by atoms with van der Waals surface area (Å²) in [5.74, 6) is 0.167. The van der Waals surface area contributed by atoms with Gasteiger partial charge in [0.25, 0.3) is 5.91 Å². The highest BCUT2D eigenvalue weighted by molar-refractivity contribution is 7.89. The lowest BCUT2D eigenvalue weighted by molar-refractivity contribution is 0.0778. The van der Waals surface area contributed by atoms with Gasteiger partial charge in [-0.05, 0) is 36.1 Å². The van der Waals surface area contributed by atoms with Crippen molar-refractivity contribution in [2.24, 2.45) is 5.92 Å². The van der Waals surface area contributed by atoms with Gasteiger partial charge in [-0.1, -0.05) is 50.2 Å². The summed E-state index contributed by atoms with van der Waals surface area (Å²) in [6.45, 7) is 6.69. The molecule has 0 saturated carbocycles. The Balaban J connectivity index is 2.23. The van der Waals surface area contributed by atoms with E-state index in [4.69, 9.17) is 0 Å². The third-order valence-corrected chi connectivity index (χ3v) is 5.44. The first-order valence-corrected chi connectivity index (χ1v) is 10.1. The Labute approximate surface area is 156 Å². The molecule has 1 amide bonds. The second kappa shape index (κ2) is 8.47. The van der Waals surface area contributed by atoms with Crippen LogP contribution in [0.15, 0.2) is 53.4 Å². The summed E-state index contributed by atoms with van der Waals surface area (Å²) in [5, 5.41) is 0. The molecule has 0 atom stereocenters. The van der Waals surface area contributed by atoms with Crippen LogP contribution in [-0.2, 0) is 16.6 Å². The molecule has 0 fully saturated rings. The Hall–Kier alpha value is -2.18. The highest BCUT2D eigenvalue weighted by Crippen LogP contribution is 2.18. The van der Waals surface area contributed by atoms with Crippen molar-refractivity contribution in [1.29, 1.82) is 0 Å². The zero-order chi connectivity index (χ0) is 19.3. The van der Waals surface area contributed by atoms with E-state index in [-0.39, 0.29) is 17.3 Å². The first-order valence-electron chi connectivity index (χ1n) is 8.60. The van der Waals surface area contributed by atoms with Gasteiger partial charge in [-0.15, -0.1) is 0 Å². The molecular weight excluding hydrogens is 348 g/mol. The molecule has 0 unspecified atom stereocenters. The molecule has 2 aromatic carbocycles. The number of hydrogen-bond acceptors (Lipinski definition) is 3. The number of rotatable bonds is 7. The van der Waals surface area contributed by atoms with Crippen molar-refractivity contribution in [2.75, 3.05) is 13.6 Å². The van der Waals surface area contributed by atoms with Crippen molar-refractivity contribution in [3.63, 3.8) is 0 Å². The summed E-state index contributed by atoms with van der Waals surface area (Å²) in [6.07, 6.45) is 0. The smallest absolute Gasteiger partial charge is 0.253 e. The largest absolute Gasteiger partial charge is 0.341 e. The molecule has 140 valence electrons. The summed E-state index contributed by atoms with van der Waals surface area (Å²) in [4.78, 5) is 14.4. The number of sulfonamides is 1. The minimum Gasteiger partial charge on any atom is -0.341 e. The van der Waals surface area contributed by atoms with Gasteiger partial charge >= 0.3 is 0 Å². The van der Waals surface area contributed by atoms with Gasteiger partial charge in [0, 0.05) is 25.7 Å². The first-order chi connectivity index (χ1) is 12.2. The molecule has 2 aromatic rings. The fraction of sp³-hybridized carbons (Fsp3) is 0.350. The minimum atomic E-state index is -3.70. The van der Waals surface area contributed by atoms with E-state index in [9.17, 15) is 13.2 Å². The van der Waals surface area contributed by atoms with E-state index < -0.39 is 10.0 Å². The fourth-order valence-electron chi connectivity index (χ4n) is 2.69. The van der Waals surface area contributed by atoms with Crippen molar-refractivity contribution in [1.82, 2.24) is 9.62 Å². The maximum absolute atomic E-state index is 12.7. The number of carbonyl (C=O) groups excluding carboxylic acids is 1. The maximum atomic E-state index is 12.7. The van der Waals surface area contributed by atoms with Crippen LogP contribution in [0.25, 0.3) is 0 Å². The van der Waals surface area contributed by atoms with Crippen molar-refractivity contribution >= 4 is 15.9 Å². The normalized spacial score (nSPS) is 11.6. The Morgan fingerprint density at radius 3 is 2.38 bits per heavy atom. The lowest BCUT2D eigenvalue weighted by Gasteiger charge is -2.21. The highest BCUT2D eigenvalue weighted by Gasteiger charge is 2.20. The SMILES string of the molecule is Cc1ccc(S(=O)(=O)NCc2ccccc2)cc1C(=O)N(C)CC(C)C. The number of benzene rings is 2. The van der Waals surface area contributed by atoms with E-state index >= 15 is 0 Å². The molecule has 0 aliphatic rings. The predicted octanol–water partition coefficient (Wildman–Crippen LogP) is 3.20. The molecular formula is C20H26N2O3S. The molecule has 6 heteroatoms. The monoisotopic (exact) mass is 374 g/mol. The molecule has 0 heterocycles. The van der Waals surface area contributed by atoms with Crippen LogP contribution in [0.1, 0.15) is 35.3 Å². The number of nitrogens with zero attached hydrogens (tertiary/aromatic N) is 1. The molecule has 0 aromatic heterocycles. The Kier molecular flexibility index (Phi) is 6.56. The average Bonchev–Trinajstić information content (AvgIpc) is 2.60. The molecule has 26 heavy (non-hydrogen) atoms. The van der Waals surface area contributed by atoms with Gasteiger partial charge in [0.05, 0.1) is 4.90 Å². The number of aryl methyl sites for hydroxylation is 1. The second-order valence-corrected chi connectivity index (χ2v) is 8.63. The van der Waals surface area contributed by atoms with Gasteiger partial charge in [0.15, 0.2) is 0 Å². The molecule has 0 radical (unpaired) electrons. The van der Waals surface area contributed by atoms with Crippen LogP contribution in [0.3, 0.4) is 0 Å². The molecule has 0 aliphatic carbocycles. The fourth-order valence-corrected chi connectivity index (χ4v) is 3.74. The van der Waals surface area contributed by atoms with Gasteiger partial charge in [-0.2, -0.15) is 0 Å². The predicted molar refractivity (Wildman–Crippen MR) is 103 cm³/mol. The van der Waals surface area contributed by atoms with Crippen LogP contribution in [0.2, 0.25) is 0 Å². The van der Waals surface area contributed by atoms with Crippen LogP contribution in [0, 0.1) is 12.8 Å². The first kappa shape index (κ1) is 20.1. The van der Waals surface area contributed by atoms with E-state index in [2.05, 4.69) is 4.72 Å². The minimum absolute atomic E-state index is 0.0975. The van der Waals surface area contributed by atoms with Crippen LogP contribution in [0.4, 0.5) is 0 Å². The highest BCUT2D eigenvalue weighted by atomic mass is 32.2. The van der Waals surface area contributed by atoms with Gasteiger partial charge < -0.3 is 4.90 Å². The van der Waals surface area contributed by atoms with Crippen molar-refractivity contribution < 1.29 is 13.2 Å². The molecule has 0 aliphatic heterocycles. The molecule has 0 saturated heterocycles. The standard InChI is InChI=1S/C20H26N2O3S/c1-15(2)14-22(4)20(23)19-12-18(11-10-16(19)3)26(24,25)21-13-17-8-6-5-7-9-17/h5-12,15,21H,13-14H2,1-4H3. The number of amides is 1. The van der Waals surface area contributed by atoms with Gasteiger partial charge in [-0.3, -0.25) is 4.79 Å². The van der Waals surface area contributed by atoms with Crippen LogP contribution < -0.4 is 4.72 Å². The van der Waals surface area contributed by atoms with Crippen molar-refractivity contribution in [3.05, 3.63) is 65.2 Å². The van der Waals surface area contributed by atoms with Crippen molar-refractivity contribution in [3.8, 4) is 0 Å². The molecule has 0 spiro atoms. The quantitative estimate of drug-likeness (QED) is 0.809. The van der Waals surface area contributed by atoms with Gasteiger partial charge in [0.1, 0.15) is 0 Å². The Bertz CT molecular complexity index is 862. The topological polar surface area (TPSA) is 66.5 Å². The zero-order valence-corrected chi connectivity index (χ0v) is 16.5. The lowest BCUT2D eigenvalue weighted by Crippen LogP contribution is -2.31. The third-order valence-electron chi connectivity index (χ3n) is 4.04. The van der Waals surface area contributed by atoms with Crippen LogP contribution in [0.5, 0.6) is 0 Å². The molecule has 0 bridgehead atoms. The number of nitrogens with one attached hydrogen (secondary N) is 1. The van der Waals surface area contributed by atoms with E-state index in [1.54, 1.807) is 18.0 Å². The van der Waals surface area contributed by atoms with Gasteiger partial charge in [0.2, 0.25) is 10.0 Å². The average molecular weight is 375 g/mol. The van der Waals surface area contributed by atoms with Gasteiger partial charge in [-0.25, -0.2) is 13.1 Å². The van der Waals surface area contributed by atoms with E-state index in [0.29, 0.717) is 18.0 Å². The van der Waals surface area contributed by atoms with E-state index in [0.717, 1.165) is 11.1 Å². The summed E-state index contributed by atoms with van der Waals surface area (Å²) in [6, 6.07) is 14.0. The summed E-state index contributed by atoms with van der Waals surface area (Å²) < 4.78 is 27.8. The zero-order valence-electron chi connectivity index (χ0n) is 15.7. The van der Waals surface area contributed by atoms with Crippen molar-refractivity contribution in [2.45, 2.75) is 32.2 Å². The maximum Gasteiger partial charge on any atom is 0.253 e. The molecule has 1 N–H and O–H groups in total. The third kappa shape index (κ3) is 5.16. The van der Waals surface area contributed by atoms with Crippen LogP contribution in [-0.4, -0.2) is 32.8 Å². The molecule has 2 rings (SSSR count). The summed E-state index contributed by atoms with van der Waals surface area (Å²) in [5.41, 5.74) is 2.04. The Morgan fingerprint density at radius 2 is 1.77 bits per heavy atom. The number of hydrogen-bond donors (Lipinski definition) is 1. The Morgan fingerprint density at radius 1 is 1.12 bits per heavy atom. The second-order valence-electron chi connectivity index (χ2n) is 6.87. The lowest BCUT2D eigenvalue weighted by atomic mass is 10.1. The molecule has 5 nitrogen and oxygen atoms in total.